The molecule has 0 amide bonds. The highest BCUT2D eigenvalue weighted by Crippen LogP contribution is 2.31. The molecule has 3 nitrogen and oxygen atoms in total. The molecule has 1 fully saturated rings. The monoisotopic (exact) mass is 233 g/mol. The van der Waals surface area contributed by atoms with Gasteiger partial charge in [0.05, 0.1) is 6.04 Å². The lowest BCUT2D eigenvalue weighted by Crippen LogP contribution is -2.27. The molecule has 1 aliphatic rings. The first kappa shape index (κ1) is 12.1. The van der Waals surface area contributed by atoms with Crippen molar-refractivity contribution in [2.24, 2.45) is 0 Å². The van der Waals surface area contributed by atoms with E-state index in [1.165, 1.54) is 5.56 Å². The molecule has 92 valence electrons. The maximum atomic E-state index is 11.8. The third-order valence-corrected chi connectivity index (χ3v) is 2.68. The molecule has 0 bridgehead atoms. The van der Waals surface area contributed by atoms with E-state index in [4.69, 9.17) is 4.74 Å². The third-order valence-electron chi connectivity index (χ3n) is 2.68. The van der Waals surface area contributed by atoms with Crippen LogP contribution in [0.3, 0.4) is 0 Å². The number of carbonyl (C=O) groups is 1. The summed E-state index contributed by atoms with van der Waals surface area (Å²) in [4.78, 5) is 11.8. The first-order valence-electron chi connectivity index (χ1n) is 5.92. The van der Waals surface area contributed by atoms with Crippen LogP contribution in [0.5, 0.6) is 0 Å². The van der Waals surface area contributed by atoms with E-state index in [9.17, 15) is 4.79 Å². The van der Waals surface area contributed by atoms with E-state index in [0.717, 1.165) is 5.56 Å². The number of hydrogen-bond donors (Lipinski definition) is 1. The van der Waals surface area contributed by atoms with Crippen LogP contribution in [-0.4, -0.2) is 17.6 Å². The van der Waals surface area contributed by atoms with Crippen LogP contribution in [0.25, 0.3) is 0 Å². The smallest absolute Gasteiger partial charge is 0.325 e. The van der Waals surface area contributed by atoms with Crippen molar-refractivity contribution in [1.29, 1.82) is 0 Å². The van der Waals surface area contributed by atoms with E-state index in [1.807, 2.05) is 20.8 Å². The van der Waals surface area contributed by atoms with E-state index >= 15 is 0 Å². The minimum atomic E-state index is -0.417. The third kappa shape index (κ3) is 3.07. The molecule has 1 heterocycles. The van der Waals surface area contributed by atoms with Crippen molar-refractivity contribution in [3.05, 3.63) is 35.4 Å². The van der Waals surface area contributed by atoms with Gasteiger partial charge in [-0.25, -0.2) is 0 Å². The molecule has 2 rings (SSSR count). The summed E-state index contributed by atoms with van der Waals surface area (Å²) in [5.74, 6) is -0.164. The second-order valence-electron chi connectivity index (χ2n) is 5.57. The first-order chi connectivity index (χ1) is 7.87. The molecule has 0 spiro atoms. The molecule has 0 radical (unpaired) electrons. The first-order valence-corrected chi connectivity index (χ1v) is 5.92. The highest BCUT2D eigenvalue weighted by molar-refractivity contribution is 5.81. The Morgan fingerprint density at radius 1 is 1.24 bits per heavy atom. The molecule has 0 unspecified atom stereocenters. The molecule has 0 saturated carbocycles. The van der Waals surface area contributed by atoms with Gasteiger partial charge in [-0.15, -0.1) is 0 Å². The van der Waals surface area contributed by atoms with Crippen LogP contribution < -0.4 is 5.32 Å². The number of esters is 1. The van der Waals surface area contributed by atoms with Crippen molar-refractivity contribution in [3.8, 4) is 0 Å². The van der Waals surface area contributed by atoms with Crippen LogP contribution in [0.1, 0.15) is 37.9 Å². The Morgan fingerprint density at radius 2 is 1.82 bits per heavy atom. The number of nitrogens with one attached hydrogen (secondary N) is 1. The summed E-state index contributed by atoms with van der Waals surface area (Å²) >= 11 is 0. The highest BCUT2D eigenvalue weighted by Gasteiger charge is 2.45. The van der Waals surface area contributed by atoms with Gasteiger partial charge in [0, 0.05) is 0 Å². The van der Waals surface area contributed by atoms with Gasteiger partial charge in [0.25, 0.3) is 0 Å². The molecule has 1 aromatic rings. The van der Waals surface area contributed by atoms with Gasteiger partial charge < -0.3 is 4.74 Å². The van der Waals surface area contributed by atoms with Gasteiger partial charge in [-0.3, -0.25) is 10.1 Å². The fraction of sp³-hybridized carbons (Fsp3) is 0.500. The van der Waals surface area contributed by atoms with E-state index < -0.39 is 5.60 Å². The van der Waals surface area contributed by atoms with Gasteiger partial charge in [0.15, 0.2) is 0 Å². The zero-order valence-electron chi connectivity index (χ0n) is 10.8. The molecule has 2 atom stereocenters. The Bertz CT molecular complexity index is 417. The fourth-order valence-corrected chi connectivity index (χ4v) is 1.77. The van der Waals surface area contributed by atoms with Crippen LogP contribution in [-0.2, 0) is 9.53 Å². The predicted octanol–water partition coefficient (Wildman–Crippen LogP) is 2.35. The Hall–Kier alpha value is -1.35. The summed E-state index contributed by atoms with van der Waals surface area (Å²) in [6, 6.07) is 8.15. The number of benzene rings is 1. The second kappa shape index (κ2) is 4.15. The summed E-state index contributed by atoms with van der Waals surface area (Å²) in [6.07, 6.45) is 0. The average molecular weight is 233 g/mol. The van der Waals surface area contributed by atoms with Crippen LogP contribution in [0, 0.1) is 6.92 Å². The van der Waals surface area contributed by atoms with E-state index in [-0.39, 0.29) is 18.1 Å². The molecule has 1 aliphatic heterocycles. The predicted molar refractivity (Wildman–Crippen MR) is 66.7 cm³/mol. The Labute approximate surface area is 102 Å². The number of carbonyl (C=O) groups excluding carboxylic acids is 1. The molecular formula is C14H19NO2. The van der Waals surface area contributed by atoms with Crippen molar-refractivity contribution in [2.45, 2.75) is 45.4 Å². The lowest BCUT2D eigenvalue weighted by molar-refractivity contribution is -0.154. The van der Waals surface area contributed by atoms with Crippen molar-refractivity contribution >= 4 is 5.97 Å². The molecule has 1 N–H and O–H groups in total. The molecule has 0 aliphatic carbocycles. The quantitative estimate of drug-likeness (QED) is 0.630. The van der Waals surface area contributed by atoms with Crippen molar-refractivity contribution in [2.75, 3.05) is 0 Å². The normalized spacial score (nSPS) is 23.3. The largest absolute Gasteiger partial charge is 0.459 e. The Balaban J connectivity index is 1.96. The summed E-state index contributed by atoms with van der Waals surface area (Å²) in [5, 5.41) is 3.15. The maximum Gasteiger partial charge on any atom is 0.325 e. The zero-order valence-corrected chi connectivity index (χ0v) is 10.8. The molecular weight excluding hydrogens is 214 g/mol. The van der Waals surface area contributed by atoms with Crippen LogP contribution in [0.15, 0.2) is 24.3 Å². The molecule has 1 aromatic carbocycles. The summed E-state index contributed by atoms with van der Waals surface area (Å²) < 4.78 is 5.34. The van der Waals surface area contributed by atoms with Gasteiger partial charge in [-0.05, 0) is 33.3 Å². The van der Waals surface area contributed by atoms with Gasteiger partial charge in [-0.2, -0.15) is 0 Å². The molecule has 1 saturated heterocycles. The minimum Gasteiger partial charge on any atom is -0.459 e. The average Bonchev–Trinajstić information content (AvgIpc) is 2.96. The lowest BCUT2D eigenvalue weighted by Gasteiger charge is -2.19. The topological polar surface area (TPSA) is 48.2 Å². The van der Waals surface area contributed by atoms with Gasteiger partial charge in [0.1, 0.15) is 11.6 Å². The van der Waals surface area contributed by atoms with Gasteiger partial charge >= 0.3 is 5.97 Å². The summed E-state index contributed by atoms with van der Waals surface area (Å²) in [5.41, 5.74) is 1.95. The Kier molecular flexibility index (Phi) is 2.96. The van der Waals surface area contributed by atoms with Gasteiger partial charge in [0.2, 0.25) is 0 Å². The van der Waals surface area contributed by atoms with E-state index in [0.29, 0.717) is 0 Å². The van der Waals surface area contributed by atoms with Crippen LogP contribution in [0.2, 0.25) is 0 Å². The molecule has 17 heavy (non-hydrogen) atoms. The molecule has 3 heteroatoms. The zero-order chi connectivity index (χ0) is 12.6. The highest BCUT2D eigenvalue weighted by atomic mass is 16.6. The standard InChI is InChI=1S/C14H19NO2/c1-9-5-7-10(8-6-9)11-12(15-11)13(16)17-14(2,3)4/h5-8,11-12,15H,1-4H3/t11-,12+/m1/s1. The molecule has 0 aromatic heterocycles. The van der Waals surface area contributed by atoms with Crippen molar-refractivity contribution < 1.29 is 9.53 Å². The lowest BCUT2D eigenvalue weighted by atomic mass is 10.1. The van der Waals surface area contributed by atoms with E-state index in [2.05, 4.69) is 36.5 Å². The summed E-state index contributed by atoms with van der Waals surface area (Å²) in [6.45, 7) is 7.70. The van der Waals surface area contributed by atoms with E-state index in [1.54, 1.807) is 0 Å². The number of ether oxygens (including phenoxy) is 1. The Morgan fingerprint density at radius 3 is 2.35 bits per heavy atom. The minimum absolute atomic E-state index is 0.116. The van der Waals surface area contributed by atoms with Crippen LogP contribution >= 0.6 is 0 Å². The van der Waals surface area contributed by atoms with Crippen molar-refractivity contribution in [3.63, 3.8) is 0 Å². The van der Waals surface area contributed by atoms with Crippen molar-refractivity contribution in [1.82, 2.24) is 5.32 Å². The summed E-state index contributed by atoms with van der Waals surface area (Å²) in [7, 11) is 0. The maximum absolute atomic E-state index is 11.8. The number of rotatable bonds is 2. The fourth-order valence-electron chi connectivity index (χ4n) is 1.77. The number of aryl methyl sites for hydroxylation is 1. The number of hydrogen-bond acceptors (Lipinski definition) is 3. The SMILES string of the molecule is Cc1ccc([C@H]2N[C@@H]2C(=O)OC(C)(C)C)cc1. The van der Waals surface area contributed by atoms with Gasteiger partial charge in [-0.1, -0.05) is 29.8 Å². The van der Waals surface area contributed by atoms with Crippen LogP contribution in [0.4, 0.5) is 0 Å². The second-order valence-corrected chi connectivity index (χ2v) is 5.57.